The van der Waals surface area contributed by atoms with E-state index in [4.69, 9.17) is 37.4 Å². The van der Waals surface area contributed by atoms with Gasteiger partial charge in [0.1, 0.15) is 12.6 Å². The average molecular weight is 616 g/mol. The van der Waals surface area contributed by atoms with Gasteiger partial charge in [-0.05, 0) is 55.1 Å². The van der Waals surface area contributed by atoms with Crippen LogP contribution < -0.4 is 24.4 Å². The zero-order valence-corrected chi connectivity index (χ0v) is 24.9. The van der Waals surface area contributed by atoms with Gasteiger partial charge < -0.3 is 14.2 Å². The van der Waals surface area contributed by atoms with Crippen LogP contribution in [-0.2, 0) is 16.1 Å². The molecule has 0 radical (unpaired) electrons. The van der Waals surface area contributed by atoms with Crippen LogP contribution in [0.25, 0.3) is 6.08 Å². The number of thiazole rings is 1. The SMILES string of the molecule is CCOC(=O)C1=C(C)N=c2s/c(=C\c3cc(Cl)c(OCc4ccccc4Cl)c(OC)c3)c(=O)n2[C@@H]1c1cccs1. The smallest absolute Gasteiger partial charge is 0.338 e. The summed E-state index contributed by atoms with van der Waals surface area (Å²) in [5.74, 6) is 0.297. The van der Waals surface area contributed by atoms with E-state index in [9.17, 15) is 9.59 Å². The maximum Gasteiger partial charge on any atom is 0.338 e. The van der Waals surface area contributed by atoms with Crippen molar-refractivity contribution in [2.75, 3.05) is 13.7 Å². The molecule has 4 aromatic rings. The molecule has 0 bridgehead atoms. The minimum atomic E-state index is -0.629. The zero-order chi connectivity index (χ0) is 28.4. The Morgan fingerprint density at radius 2 is 1.95 bits per heavy atom. The maximum atomic E-state index is 13.8. The second-order valence-corrected chi connectivity index (χ2v) is 11.5. The summed E-state index contributed by atoms with van der Waals surface area (Å²) in [5, 5.41) is 2.82. The van der Waals surface area contributed by atoms with Crippen molar-refractivity contribution in [3.05, 3.63) is 111 Å². The number of ether oxygens (including phenoxy) is 3. The van der Waals surface area contributed by atoms with Gasteiger partial charge in [-0.2, -0.15) is 0 Å². The Morgan fingerprint density at radius 1 is 1.15 bits per heavy atom. The number of halogens is 2. The minimum absolute atomic E-state index is 0.207. The van der Waals surface area contributed by atoms with Crippen LogP contribution in [0.2, 0.25) is 10.0 Å². The molecule has 0 saturated carbocycles. The highest BCUT2D eigenvalue weighted by molar-refractivity contribution is 7.10. The van der Waals surface area contributed by atoms with Crippen molar-refractivity contribution < 1.29 is 19.0 Å². The summed E-state index contributed by atoms with van der Waals surface area (Å²) in [5.41, 5.74) is 2.06. The molecular weight excluding hydrogens is 591 g/mol. The first-order chi connectivity index (χ1) is 19.3. The molecule has 5 rings (SSSR count). The van der Waals surface area contributed by atoms with Gasteiger partial charge in [-0.15, -0.1) is 11.3 Å². The van der Waals surface area contributed by atoms with Gasteiger partial charge in [-0.3, -0.25) is 9.36 Å². The van der Waals surface area contributed by atoms with E-state index in [0.717, 1.165) is 10.4 Å². The van der Waals surface area contributed by atoms with E-state index >= 15 is 0 Å². The number of nitrogens with zero attached hydrogens (tertiary/aromatic N) is 2. The van der Waals surface area contributed by atoms with Crippen molar-refractivity contribution in [1.82, 2.24) is 4.57 Å². The number of allylic oxidation sites excluding steroid dienone is 1. The lowest BCUT2D eigenvalue weighted by molar-refractivity contribution is -0.139. The van der Waals surface area contributed by atoms with Gasteiger partial charge >= 0.3 is 5.97 Å². The van der Waals surface area contributed by atoms with Crippen LogP contribution in [0.5, 0.6) is 11.5 Å². The Balaban J connectivity index is 1.56. The van der Waals surface area contributed by atoms with Crippen LogP contribution in [-0.4, -0.2) is 24.3 Å². The summed E-state index contributed by atoms with van der Waals surface area (Å²) in [6.45, 7) is 3.93. The summed E-state index contributed by atoms with van der Waals surface area (Å²) in [7, 11) is 1.52. The van der Waals surface area contributed by atoms with Gasteiger partial charge in [0.2, 0.25) is 0 Å². The van der Waals surface area contributed by atoms with Gasteiger partial charge in [0.05, 0.1) is 34.5 Å². The van der Waals surface area contributed by atoms with E-state index in [2.05, 4.69) is 4.99 Å². The van der Waals surface area contributed by atoms with Crippen molar-refractivity contribution in [2.24, 2.45) is 4.99 Å². The molecule has 0 amide bonds. The van der Waals surface area contributed by atoms with Crippen molar-refractivity contribution >= 4 is 57.9 Å². The van der Waals surface area contributed by atoms with Crippen LogP contribution in [0.15, 0.2) is 75.0 Å². The van der Waals surface area contributed by atoms with Crippen LogP contribution in [0.3, 0.4) is 0 Å². The number of methoxy groups -OCH3 is 1. The predicted octanol–water partition coefficient (Wildman–Crippen LogP) is 5.75. The van der Waals surface area contributed by atoms with E-state index in [1.807, 2.05) is 35.7 Å². The predicted molar refractivity (Wildman–Crippen MR) is 159 cm³/mol. The summed E-state index contributed by atoms with van der Waals surface area (Å²) in [6.07, 6.45) is 1.73. The number of esters is 1. The Labute approximate surface area is 248 Å². The fourth-order valence-corrected chi connectivity index (χ4v) is 6.72. The number of benzene rings is 2. The fraction of sp³-hybridized carbons (Fsp3) is 0.207. The van der Waals surface area contributed by atoms with Crippen LogP contribution in [0.4, 0.5) is 0 Å². The summed E-state index contributed by atoms with van der Waals surface area (Å²) < 4.78 is 18.8. The Bertz CT molecular complexity index is 1790. The third-order valence-corrected chi connectivity index (χ3v) is 8.77. The van der Waals surface area contributed by atoms with Gasteiger partial charge in [0, 0.05) is 15.5 Å². The summed E-state index contributed by atoms with van der Waals surface area (Å²) in [6, 6.07) is 14.0. The van der Waals surface area contributed by atoms with E-state index < -0.39 is 12.0 Å². The molecule has 2 aromatic heterocycles. The number of fused-ring (bicyclic) bond motifs is 1. The molecule has 1 aliphatic heterocycles. The van der Waals surface area contributed by atoms with E-state index in [1.54, 1.807) is 42.7 Å². The van der Waals surface area contributed by atoms with Gasteiger partial charge in [-0.1, -0.05) is 58.8 Å². The van der Waals surface area contributed by atoms with Crippen molar-refractivity contribution in [2.45, 2.75) is 26.5 Å². The molecule has 206 valence electrons. The number of hydrogen-bond acceptors (Lipinski definition) is 8. The van der Waals surface area contributed by atoms with Gasteiger partial charge in [0.15, 0.2) is 16.3 Å². The fourth-order valence-electron chi connectivity index (χ4n) is 4.39. The monoisotopic (exact) mass is 614 g/mol. The molecule has 0 fully saturated rings. The molecule has 1 aliphatic rings. The third-order valence-electron chi connectivity index (χ3n) is 6.21. The number of rotatable bonds is 8. The highest BCUT2D eigenvalue weighted by Crippen LogP contribution is 2.38. The van der Waals surface area contributed by atoms with E-state index in [-0.39, 0.29) is 18.8 Å². The number of hydrogen-bond donors (Lipinski definition) is 0. The summed E-state index contributed by atoms with van der Waals surface area (Å²) in [4.78, 5) is 32.6. The number of aromatic nitrogens is 1. The number of thiophene rings is 1. The average Bonchev–Trinajstić information content (AvgIpc) is 3.56. The molecule has 0 unspecified atom stereocenters. The highest BCUT2D eigenvalue weighted by atomic mass is 35.5. The van der Waals surface area contributed by atoms with E-state index in [1.165, 1.54) is 29.8 Å². The highest BCUT2D eigenvalue weighted by Gasteiger charge is 2.33. The van der Waals surface area contributed by atoms with Gasteiger partial charge in [0.25, 0.3) is 5.56 Å². The second-order valence-electron chi connectivity index (χ2n) is 8.73. The van der Waals surface area contributed by atoms with E-state index in [0.29, 0.717) is 47.7 Å². The quantitative estimate of drug-likeness (QED) is 0.236. The first-order valence-corrected chi connectivity index (χ1v) is 14.7. The zero-order valence-electron chi connectivity index (χ0n) is 21.8. The molecule has 2 aromatic carbocycles. The van der Waals surface area contributed by atoms with Crippen molar-refractivity contribution in [3.8, 4) is 11.5 Å². The van der Waals surface area contributed by atoms with Crippen molar-refractivity contribution in [1.29, 1.82) is 0 Å². The molecule has 0 saturated heterocycles. The van der Waals surface area contributed by atoms with Crippen LogP contribution in [0.1, 0.15) is 35.9 Å². The Hall–Kier alpha value is -3.37. The first kappa shape index (κ1) is 28.2. The van der Waals surface area contributed by atoms with Crippen LogP contribution >= 0.6 is 45.9 Å². The molecule has 0 N–H and O–H groups in total. The van der Waals surface area contributed by atoms with Crippen molar-refractivity contribution in [3.63, 3.8) is 0 Å². The third kappa shape index (κ3) is 5.47. The first-order valence-electron chi connectivity index (χ1n) is 12.3. The standard InChI is InChI=1S/C29H24Cl2N2O5S2/c1-4-37-28(35)24-16(2)32-29-33(25(24)22-10-7-11-39-22)27(34)23(40-29)14-17-12-20(31)26(21(13-17)36-3)38-15-18-8-5-6-9-19(18)30/h5-14,25H,4,15H2,1-3H3/b23-14-/t25-/m1/s1. The second kappa shape index (κ2) is 12.0. The molecule has 11 heteroatoms. The maximum absolute atomic E-state index is 13.8. The molecule has 7 nitrogen and oxygen atoms in total. The Morgan fingerprint density at radius 3 is 2.65 bits per heavy atom. The normalized spacial score (nSPS) is 15.0. The number of carbonyl (C=O) groups is 1. The molecule has 0 spiro atoms. The lowest BCUT2D eigenvalue weighted by Gasteiger charge is -2.23. The Kier molecular flexibility index (Phi) is 8.46. The lowest BCUT2D eigenvalue weighted by Crippen LogP contribution is -2.39. The number of carbonyl (C=O) groups excluding carboxylic acids is 1. The molecular formula is C29H24Cl2N2O5S2. The summed E-state index contributed by atoms with van der Waals surface area (Å²) >= 11 is 15.6. The molecule has 1 atom stereocenters. The van der Waals surface area contributed by atoms with Gasteiger partial charge in [-0.25, -0.2) is 9.79 Å². The lowest BCUT2D eigenvalue weighted by atomic mass is 10.0. The minimum Gasteiger partial charge on any atom is -0.493 e. The van der Waals surface area contributed by atoms with Crippen LogP contribution in [0, 0.1) is 0 Å². The topological polar surface area (TPSA) is 79.1 Å². The molecule has 40 heavy (non-hydrogen) atoms. The largest absolute Gasteiger partial charge is 0.493 e. The molecule has 0 aliphatic carbocycles. The molecule has 3 heterocycles.